The van der Waals surface area contributed by atoms with Crippen LogP contribution in [0.15, 0.2) is 42.6 Å². The van der Waals surface area contributed by atoms with Crippen LogP contribution >= 0.6 is 11.6 Å². The molecule has 5 heteroatoms. The summed E-state index contributed by atoms with van der Waals surface area (Å²) in [5, 5.41) is 12.8. The second-order valence-corrected chi connectivity index (χ2v) is 6.43. The summed E-state index contributed by atoms with van der Waals surface area (Å²) in [5.41, 5.74) is 1.30. The van der Waals surface area contributed by atoms with E-state index >= 15 is 0 Å². The van der Waals surface area contributed by atoms with Gasteiger partial charge in [0.15, 0.2) is 0 Å². The van der Waals surface area contributed by atoms with E-state index in [1.54, 1.807) is 6.07 Å². The van der Waals surface area contributed by atoms with Crippen LogP contribution < -0.4 is 5.32 Å². The Morgan fingerprint density at radius 3 is 2.39 bits per heavy atom. The molecule has 1 amide bonds. The SMILES string of the molecule is O=C(Nc1ccc(O)cn1)C1CCC(c2ccc(Cl)cc2)CC1. The predicted molar refractivity (Wildman–Crippen MR) is 90.7 cm³/mol. The molecule has 1 aromatic heterocycles. The lowest BCUT2D eigenvalue weighted by molar-refractivity contribution is -0.120. The second kappa shape index (κ2) is 7.01. The number of amides is 1. The highest BCUT2D eigenvalue weighted by Crippen LogP contribution is 2.36. The molecule has 0 aliphatic heterocycles. The van der Waals surface area contributed by atoms with E-state index in [0.717, 1.165) is 30.7 Å². The molecular formula is C18H19ClN2O2. The van der Waals surface area contributed by atoms with Crippen molar-refractivity contribution in [2.45, 2.75) is 31.6 Å². The number of hydrogen-bond acceptors (Lipinski definition) is 3. The third-order valence-corrected chi connectivity index (χ3v) is 4.69. The standard InChI is InChI=1S/C18H19ClN2O2/c19-15-7-5-13(6-8-15)12-1-3-14(4-2-12)18(23)21-17-10-9-16(22)11-20-17/h5-12,14,22H,1-4H2,(H,20,21,23). The lowest BCUT2D eigenvalue weighted by Gasteiger charge is -2.28. The number of aromatic hydroxyl groups is 1. The van der Waals surface area contributed by atoms with E-state index in [9.17, 15) is 9.90 Å². The monoisotopic (exact) mass is 330 g/mol. The van der Waals surface area contributed by atoms with E-state index in [1.165, 1.54) is 17.8 Å². The highest BCUT2D eigenvalue weighted by atomic mass is 35.5. The maximum absolute atomic E-state index is 12.3. The van der Waals surface area contributed by atoms with Crippen molar-refractivity contribution in [2.24, 2.45) is 5.92 Å². The number of carbonyl (C=O) groups is 1. The van der Waals surface area contributed by atoms with Gasteiger partial charge < -0.3 is 10.4 Å². The van der Waals surface area contributed by atoms with Crippen molar-refractivity contribution < 1.29 is 9.90 Å². The van der Waals surface area contributed by atoms with Crippen molar-refractivity contribution in [1.29, 1.82) is 0 Å². The van der Waals surface area contributed by atoms with Crippen LogP contribution in [0, 0.1) is 5.92 Å². The summed E-state index contributed by atoms with van der Waals surface area (Å²) in [6.07, 6.45) is 5.08. The van der Waals surface area contributed by atoms with Crippen molar-refractivity contribution in [3.8, 4) is 5.75 Å². The molecule has 0 bridgehead atoms. The molecule has 0 radical (unpaired) electrons. The molecule has 4 nitrogen and oxygen atoms in total. The van der Waals surface area contributed by atoms with Gasteiger partial charge in [-0.05, 0) is 61.4 Å². The number of nitrogens with zero attached hydrogens (tertiary/aromatic N) is 1. The third kappa shape index (κ3) is 4.02. The largest absolute Gasteiger partial charge is 0.506 e. The summed E-state index contributed by atoms with van der Waals surface area (Å²) in [6, 6.07) is 11.1. The van der Waals surface area contributed by atoms with E-state index in [4.69, 9.17) is 11.6 Å². The zero-order valence-electron chi connectivity index (χ0n) is 12.7. The number of benzene rings is 1. The fraction of sp³-hybridized carbons (Fsp3) is 0.333. The van der Waals surface area contributed by atoms with Gasteiger partial charge in [-0.1, -0.05) is 23.7 Å². The Bertz CT molecular complexity index is 662. The Labute approximate surface area is 140 Å². The first kappa shape index (κ1) is 15.8. The number of anilines is 1. The fourth-order valence-electron chi connectivity index (χ4n) is 3.11. The fourth-order valence-corrected chi connectivity index (χ4v) is 3.24. The van der Waals surface area contributed by atoms with Gasteiger partial charge in [0.2, 0.25) is 5.91 Å². The van der Waals surface area contributed by atoms with Crippen molar-refractivity contribution in [1.82, 2.24) is 4.98 Å². The number of nitrogens with one attached hydrogen (secondary N) is 1. The Balaban J connectivity index is 1.54. The summed E-state index contributed by atoms with van der Waals surface area (Å²) in [5.74, 6) is 1.11. The first-order chi connectivity index (χ1) is 11.1. The quantitative estimate of drug-likeness (QED) is 0.879. The van der Waals surface area contributed by atoms with Crippen molar-refractivity contribution in [3.63, 3.8) is 0 Å². The van der Waals surface area contributed by atoms with E-state index in [-0.39, 0.29) is 17.6 Å². The molecule has 3 rings (SSSR count). The van der Waals surface area contributed by atoms with Gasteiger partial charge >= 0.3 is 0 Å². The first-order valence-electron chi connectivity index (χ1n) is 7.83. The number of aromatic nitrogens is 1. The maximum atomic E-state index is 12.3. The van der Waals surface area contributed by atoms with E-state index in [0.29, 0.717) is 11.7 Å². The van der Waals surface area contributed by atoms with Gasteiger partial charge in [0.1, 0.15) is 11.6 Å². The first-order valence-corrected chi connectivity index (χ1v) is 8.21. The van der Waals surface area contributed by atoms with Crippen LogP contribution in [0.1, 0.15) is 37.2 Å². The molecule has 23 heavy (non-hydrogen) atoms. The number of halogens is 1. The van der Waals surface area contributed by atoms with Crippen LogP contribution in [0.2, 0.25) is 5.02 Å². The molecule has 1 heterocycles. The minimum absolute atomic E-state index is 0.0118. The summed E-state index contributed by atoms with van der Waals surface area (Å²) in [7, 11) is 0. The molecular weight excluding hydrogens is 312 g/mol. The minimum atomic E-state index is 0.0118. The Morgan fingerprint density at radius 1 is 1.09 bits per heavy atom. The highest BCUT2D eigenvalue weighted by molar-refractivity contribution is 6.30. The summed E-state index contributed by atoms with van der Waals surface area (Å²) >= 11 is 5.93. The number of carbonyl (C=O) groups excluding carboxylic acids is 1. The lowest BCUT2D eigenvalue weighted by atomic mass is 9.78. The van der Waals surface area contributed by atoms with Crippen molar-refractivity contribution >= 4 is 23.3 Å². The normalized spacial score (nSPS) is 20.9. The van der Waals surface area contributed by atoms with Gasteiger partial charge in [-0.3, -0.25) is 4.79 Å². The molecule has 0 atom stereocenters. The van der Waals surface area contributed by atoms with Crippen LogP contribution in [0.25, 0.3) is 0 Å². The predicted octanol–water partition coefficient (Wildman–Crippen LogP) is 4.35. The minimum Gasteiger partial charge on any atom is -0.506 e. The second-order valence-electron chi connectivity index (χ2n) is 5.99. The van der Waals surface area contributed by atoms with Crippen LogP contribution in [0.5, 0.6) is 5.75 Å². The Morgan fingerprint density at radius 2 is 1.78 bits per heavy atom. The van der Waals surface area contributed by atoms with Crippen LogP contribution in [-0.2, 0) is 4.79 Å². The summed E-state index contributed by atoms with van der Waals surface area (Å²) < 4.78 is 0. The molecule has 1 saturated carbocycles. The molecule has 0 spiro atoms. The molecule has 1 fully saturated rings. The molecule has 0 saturated heterocycles. The van der Waals surface area contributed by atoms with Gasteiger partial charge in [-0.15, -0.1) is 0 Å². The van der Waals surface area contributed by atoms with Gasteiger partial charge in [0.25, 0.3) is 0 Å². The van der Waals surface area contributed by atoms with Crippen LogP contribution in [0.3, 0.4) is 0 Å². The molecule has 2 N–H and O–H groups in total. The highest BCUT2D eigenvalue weighted by Gasteiger charge is 2.27. The summed E-state index contributed by atoms with van der Waals surface area (Å²) in [4.78, 5) is 16.3. The van der Waals surface area contributed by atoms with Crippen LogP contribution in [0.4, 0.5) is 5.82 Å². The molecule has 1 aliphatic carbocycles. The Hall–Kier alpha value is -2.07. The third-order valence-electron chi connectivity index (χ3n) is 4.44. The van der Waals surface area contributed by atoms with E-state index < -0.39 is 0 Å². The van der Waals surface area contributed by atoms with Gasteiger partial charge in [-0.2, -0.15) is 0 Å². The zero-order chi connectivity index (χ0) is 16.2. The molecule has 1 aliphatic rings. The average Bonchev–Trinajstić information content (AvgIpc) is 2.58. The average molecular weight is 331 g/mol. The lowest BCUT2D eigenvalue weighted by Crippen LogP contribution is -2.27. The number of pyridine rings is 1. The number of hydrogen-bond donors (Lipinski definition) is 2. The molecule has 1 aromatic carbocycles. The molecule has 120 valence electrons. The molecule has 0 unspecified atom stereocenters. The van der Waals surface area contributed by atoms with Gasteiger partial charge in [0.05, 0.1) is 6.20 Å². The van der Waals surface area contributed by atoms with Crippen LogP contribution in [-0.4, -0.2) is 16.0 Å². The topological polar surface area (TPSA) is 62.2 Å². The zero-order valence-corrected chi connectivity index (χ0v) is 13.5. The van der Waals surface area contributed by atoms with Gasteiger partial charge in [0, 0.05) is 10.9 Å². The number of rotatable bonds is 3. The smallest absolute Gasteiger partial charge is 0.228 e. The van der Waals surface area contributed by atoms with Crippen molar-refractivity contribution in [3.05, 3.63) is 53.2 Å². The van der Waals surface area contributed by atoms with E-state index in [2.05, 4.69) is 22.4 Å². The van der Waals surface area contributed by atoms with E-state index in [1.807, 2.05) is 12.1 Å². The van der Waals surface area contributed by atoms with Crippen molar-refractivity contribution in [2.75, 3.05) is 5.32 Å². The summed E-state index contributed by atoms with van der Waals surface area (Å²) in [6.45, 7) is 0. The van der Waals surface area contributed by atoms with Gasteiger partial charge in [-0.25, -0.2) is 4.98 Å². The maximum Gasteiger partial charge on any atom is 0.228 e. The molecule has 2 aromatic rings. The Kier molecular flexibility index (Phi) is 4.82.